The van der Waals surface area contributed by atoms with Crippen LogP contribution >= 0.6 is 34.3 Å². The van der Waals surface area contributed by atoms with Crippen LogP contribution in [0.1, 0.15) is 37.4 Å². The summed E-state index contributed by atoms with van der Waals surface area (Å²) in [5, 5.41) is 10.2. The molecule has 0 aliphatic rings. The summed E-state index contributed by atoms with van der Waals surface area (Å²) in [5.74, 6) is -0.518. The molecule has 0 fully saturated rings. The van der Waals surface area contributed by atoms with E-state index in [-0.39, 0.29) is 11.8 Å². The Morgan fingerprint density at radius 3 is 2.65 bits per heavy atom. The molecule has 0 saturated carbocycles. The SMILES string of the molecule is CC(=NNC(=O)c1sc2cc(C)ccc2c1Cl)c1cccc(NC(=O)c2cccs2)c1. The van der Waals surface area contributed by atoms with Gasteiger partial charge >= 0.3 is 0 Å². The van der Waals surface area contributed by atoms with E-state index in [4.69, 9.17) is 11.6 Å². The summed E-state index contributed by atoms with van der Waals surface area (Å²) in [5.41, 5.74) is 5.73. The molecular weight excluding hydrogens is 450 g/mol. The van der Waals surface area contributed by atoms with Gasteiger partial charge in [0.2, 0.25) is 0 Å². The first kappa shape index (κ1) is 21.2. The number of hydrazone groups is 1. The molecule has 0 aliphatic heterocycles. The summed E-state index contributed by atoms with van der Waals surface area (Å²) in [6.07, 6.45) is 0. The molecule has 2 amide bonds. The van der Waals surface area contributed by atoms with Gasteiger partial charge in [0.15, 0.2) is 0 Å². The predicted octanol–water partition coefficient (Wildman–Crippen LogP) is 6.33. The van der Waals surface area contributed by atoms with Crippen LogP contribution in [0.4, 0.5) is 5.69 Å². The highest BCUT2D eigenvalue weighted by atomic mass is 35.5. The molecule has 2 N–H and O–H groups in total. The van der Waals surface area contributed by atoms with Crippen LogP contribution in [0.25, 0.3) is 10.1 Å². The first-order valence-electron chi connectivity index (χ1n) is 9.41. The maximum atomic E-state index is 12.7. The predicted molar refractivity (Wildman–Crippen MR) is 130 cm³/mol. The molecule has 2 aromatic carbocycles. The summed E-state index contributed by atoms with van der Waals surface area (Å²) < 4.78 is 0.963. The van der Waals surface area contributed by atoms with Crippen molar-refractivity contribution < 1.29 is 9.59 Å². The molecule has 5 nitrogen and oxygen atoms in total. The van der Waals surface area contributed by atoms with Crippen molar-refractivity contribution in [3.8, 4) is 0 Å². The zero-order valence-electron chi connectivity index (χ0n) is 16.7. The van der Waals surface area contributed by atoms with Gasteiger partial charge in [0, 0.05) is 15.8 Å². The molecule has 4 aromatic rings. The van der Waals surface area contributed by atoms with E-state index >= 15 is 0 Å². The number of aryl methyl sites for hydroxylation is 1. The van der Waals surface area contributed by atoms with E-state index in [9.17, 15) is 9.59 Å². The third-order valence-electron chi connectivity index (χ3n) is 4.60. The lowest BCUT2D eigenvalue weighted by atomic mass is 10.1. The number of carbonyl (C=O) groups is 2. The van der Waals surface area contributed by atoms with Crippen molar-refractivity contribution in [2.75, 3.05) is 5.32 Å². The molecule has 156 valence electrons. The average Bonchev–Trinajstić information content (AvgIpc) is 3.40. The highest BCUT2D eigenvalue weighted by Gasteiger charge is 2.17. The van der Waals surface area contributed by atoms with Gasteiger partial charge < -0.3 is 5.32 Å². The Labute approximate surface area is 192 Å². The van der Waals surface area contributed by atoms with Gasteiger partial charge in [0.05, 0.1) is 15.6 Å². The number of thiophene rings is 2. The second-order valence-corrected chi connectivity index (χ2v) is 9.27. The quantitative estimate of drug-likeness (QED) is 0.266. The monoisotopic (exact) mass is 467 g/mol. The van der Waals surface area contributed by atoms with E-state index in [1.165, 1.54) is 22.7 Å². The number of nitrogens with zero attached hydrogens (tertiary/aromatic N) is 1. The molecule has 0 aliphatic carbocycles. The Hall–Kier alpha value is -3.00. The normalized spacial score (nSPS) is 11.5. The van der Waals surface area contributed by atoms with Crippen molar-refractivity contribution in [1.82, 2.24) is 5.43 Å². The summed E-state index contributed by atoms with van der Waals surface area (Å²) >= 11 is 9.13. The van der Waals surface area contributed by atoms with Gasteiger partial charge in [0.25, 0.3) is 11.8 Å². The van der Waals surface area contributed by atoms with E-state index < -0.39 is 0 Å². The number of benzene rings is 2. The van der Waals surface area contributed by atoms with Crippen LogP contribution in [0.3, 0.4) is 0 Å². The second-order valence-electron chi connectivity index (χ2n) is 6.90. The molecule has 2 heterocycles. The summed E-state index contributed by atoms with van der Waals surface area (Å²) in [7, 11) is 0. The van der Waals surface area contributed by atoms with Gasteiger partial charge in [-0.25, -0.2) is 5.43 Å². The number of amides is 2. The Bertz CT molecular complexity index is 1310. The molecule has 0 radical (unpaired) electrons. The minimum absolute atomic E-state index is 0.162. The number of halogens is 1. The van der Waals surface area contributed by atoms with E-state index in [0.29, 0.717) is 26.2 Å². The number of hydrogen-bond acceptors (Lipinski definition) is 5. The minimum atomic E-state index is -0.356. The van der Waals surface area contributed by atoms with Crippen LogP contribution in [0.5, 0.6) is 0 Å². The molecule has 0 atom stereocenters. The lowest BCUT2D eigenvalue weighted by molar-refractivity contribution is 0.0958. The topological polar surface area (TPSA) is 70.6 Å². The molecule has 2 aromatic heterocycles. The molecule has 0 spiro atoms. The first-order valence-corrected chi connectivity index (χ1v) is 11.5. The van der Waals surface area contributed by atoms with E-state index in [1.54, 1.807) is 19.1 Å². The number of anilines is 1. The largest absolute Gasteiger partial charge is 0.321 e. The Morgan fingerprint density at radius 1 is 1.03 bits per heavy atom. The fraction of sp³-hybridized carbons (Fsp3) is 0.0870. The summed E-state index contributed by atoms with van der Waals surface area (Å²) in [4.78, 5) is 26.0. The van der Waals surface area contributed by atoms with Gasteiger partial charge in [-0.2, -0.15) is 5.10 Å². The summed E-state index contributed by atoms with van der Waals surface area (Å²) in [6, 6.07) is 16.8. The fourth-order valence-corrected chi connectivity index (χ4v) is 5.11. The average molecular weight is 468 g/mol. The molecule has 31 heavy (non-hydrogen) atoms. The molecule has 0 saturated heterocycles. The van der Waals surface area contributed by atoms with Crippen LogP contribution in [0.2, 0.25) is 5.02 Å². The van der Waals surface area contributed by atoms with Gasteiger partial charge in [-0.1, -0.05) is 41.9 Å². The minimum Gasteiger partial charge on any atom is -0.321 e. The Balaban J connectivity index is 1.49. The number of carbonyl (C=O) groups excluding carboxylic acids is 2. The van der Waals surface area contributed by atoms with Crippen molar-refractivity contribution in [3.05, 3.63) is 85.9 Å². The third kappa shape index (κ3) is 4.69. The molecule has 0 unspecified atom stereocenters. The summed E-state index contributed by atoms with van der Waals surface area (Å²) in [6.45, 7) is 3.79. The van der Waals surface area contributed by atoms with Gasteiger partial charge in [-0.05, 0) is 54.6 Å². The molecular formula is C23H18ClN3O2S2. The molecule has 4 rings (SSSR count). The van der Waals surface area contributed by atoms with Gasteiger partial charge in [0.1, 0.15) is 4.88 Å². The number of hydrogen-bond donors (Lipinski definition) is 2. The van der Waals surface area contributed by atoms with Crippen molar-refractivity contribution in [2.24, 2.45) is 5.10 Å². The third-order valence-corrected chi connectivity index (χ3v) is 7.12. The van der Waals surface area contributed by atoms with Crippen molar-refractivity contribution >= 4 is 67.6 Å². The Morgan fingerprint density at radius 2 is 1.87 bits per heavy atom. The number of nitrogens with one attached hydrogen (secondary N) is 2. The van der Waals surface area contributed by atoms with E-state index in [0.717, 1.165) is 21.2 Å². The van der Waals surface area contributed by atoms with Crippen LogP contribution in [-0.4, -0.2) is 17.5 Å². The van der Waals surface area contributed by atoms with E-state index in [2.05, 4.69) is 15.8 Å². The highest BCUT2D eigenvalue weighted by Crippen LogP contribution is 2.35. The van der Waals surface area contributed by atoms with Crippen LogP contribution in [-0.2, 0) is 0 Å². The zero-order valence-corrected chi connectivity index (χ0v) is 19.1. The molecule has 8 heteroatoms. The first-order chi connectivity index (χ1) is 14.9. The van der Waals surface area contributed by atoms with Crippen molar-refractivity contribution in [3.63, 3.8) is 0 Å². The second kappa shape index (κ2) is 9.01. The smallest absolute Gasteiger partial charge is 0.283 e. The van der Waals surface area contributed by atoms with Gasteiger partial charge in [-0.15, -0.1) is 22.7 Å². The van der Waals surface area contributed by atoms with Crippen LogP contribution in [0.15, 0.2) is 65.1 Å². The van der Waals surface area contributed by atoms with Crippen LogP contribution < -0.4 is 10.7 Å². The standard InChI is InChI=1S/C23H18ClN3O2S2/c1-13-8-9-17-19(11-13)31-21(20(17)24)23(29)27-26-14(2)15-5-3-6-16(12-15)25-22(28)18-7-4-10-30-18/h3-12H,1-2H3,(H,25,28)(H,27,29). The van der Waals surface area contributed by atoms with Crippen molar-refractivity contribution in [1.29, 1.82) is 0 Å². The highest BCUT2D eigenvalue weighted by molar-refractivity contribution is 7.21. The molecule has 0 bridgehead atoms. The van der Waals surface area contributed by atoms with Crippen molar-refractivity contribution in [2.45, 2.75) is 13.8 Å². The zero-order chi connectivity index (χ0) is 22.0. The number of fused-ring (bicyclic) bond motifs is 1. The maximum absolute atomic E-state index is 12.7. The fourth-order valence-electron chi connectivity index (χ4n) is 2.99. The Kier molecular flexibility index (Phi) is 6.18. The lowest BCUT2D eigenvalue weighted by Gasteiger charge is -2.07. The maximum Gasteiger partial charge on any atom is 0.283 e. The lowest BCUT2D eigenvalue weighted by Crippen LogP contribution is -2.18. The van der Waals surface area contributed by atoms with Gasteiger partial charge in [-0.3, -0.25) is 9.59 Å². The number of rotatable bonds is 5. The van der Waals surface area contributed by atoms with E-state index in [1.807, 2.05) is 54.8 Å². The van der Waals surface area contributed by atoms with Crippen LogP contribution in [0, 0.1) is 6.92 Å².